The van der Waals surface area contributed by atoms with Crippen LogP contribution < -0.4 is 20.9 Å². The van der Waals surface area contributed by atoms with Gasteiger partial charge in [-0.25, -0.2) is 9.36 Å². The first kappa shape index (κ1) is 28.5. The number of rotatable bonds is 11. The third-order valence-corrected chi connectivity index (χ3v) is 7.81. The smallest absolute Gasteiger partial charge is 0.459 e. The first-order valence-corrected chi connectivity index (χ1v) is 13.8. The second-order valence-electron chi connectivity index (χ2n) is 9.07. The molecule has 2 heterocycles. The number of carbonyl (C=O) groups excluding carboxylic acids is 1. The van der Waals surface area contributed by atoms with Crippen LogP contribution in [0.2, 0.25) is 0 Å². The minimum Gasteiger partial charge on any atom is -0.460 e. The molecule has 3 N–H and O–H groups in total. The van der Waals surface area contributed by atoms with Gasteiger partial charge in [0.2, 0.25) is 0 Å². The molecule has 0 aliphatic carbocycles. The first-order valence-electron chi connectivity index (χ1n) is 12.3. The van der Waals surface area contributed by atoms with Crippen molar-refractivity contribution in [1.82, 2.24) is 14.6 Å². The third kappa shape index (κ3) is 7.31. The average molecular weight is 560 g/mol. The molecule has 1 unspecified atom stereocenters. The number of hydrogen-bond donors (Lipinski definition) is 3. The molecule has 0 saturated carbocycles. The fourth-order valence-corrected chi connectivity index (χ4v) is 5.44. The highest BCUT2D eigenvalue weighted by Gasteiger charge is 2.44. The summed E-state index contributed by atoms with van der Waals surface area (Å²) < 4.78 is 37.4. The van der Waals surface area contributed by atoms with E-state index >= 15 is 0 Å². The molecule has 1 fully saturated rings. The molecule has 208 valence electrons. The Morgan fingerprint density at radius 1 is 1.13 bits per heavy atom. The minimum absolute atomic E-state index is 0.0349. The normalized spacial score (nSPS) is 23.1. The quantitative estimate of drug-likeness (QED) is 0.235. The van der Waals surface area contributed by atoms with Crippen LogP contribution in [-0.2, 0) is 30.0 Å². The maximum Gasteiger partial charge on any atom is 0.459 e. The van der Waals surface area contributed by atoms with Gasteiger partial charge < -0.3 is 19.1 Å². The SMILES string of the molecule is C[C@H]1[C@@H](O)[C@H](n2ccc(=O)[nH]c2=O)O[C@@H]1COP(=O)(N[C@H](C)C(=O)OCc1ccccc1)Oc1ccccc1. The number of para-hydroxylation sites is 1. The van der Waals surface area contributed by atoms with Crippen LogP contribution in [0.1, 0.15) is 25.6 Å². The molecule has 1 aliphatic rings. The lowest BCUT2D eigenvalue weighted by molar-refractivity contribution is -0.146. The summed E-state index contributed by atoms with van der Waals surface area (Å²) in [6.45, 7) is 2.87. The topological polar surface area (TPSA) is 158 Å². The van der Waals surface area contributed by atoms with Crippen molar-refractivity contribution in [3.05, 3.63) is 99.3 Å². The molecule has 0 radical (unpaired) electrons. The number of hydrogen-bond acceptors (Lipinski definition) is 9. The van der Waals surface area contributed by atoms with Crippen molar-refractivity contribution in [1.29, 1.82) is 0 Å². The Hall–Kier alpha value is -3.54. The minimum atomic E-state index is -4.18. The summed E-state index contributed by atoms with van der Waals surface area (Å²) in [6, 6.07) is 17.4. The van der Waals surface area contributed by atoms with Crippen molar-refractivity contribution >= 4 is 13.7 Å². The molecule has 0 amide bonds. The summed E-state index contributed by atoms with van der Waals surface area (Å²) in [6.07, 6.45) is -1.82. The standard InChI is InChI=1S/C26H30N3O9P/c1-17-21(37-24(23(17)31)29-14-13-22(30)27-26(29)33)16-36-39(34,38-20-11-7-4-8-12-20)28-18(2)25(32)35-15-19-9-5-3-6-10-19/h3-14,17-18,21,23-24,31H,15-16H2,1-2H3,(H,28,34)(H,27,30,33)/t17-,18-,21-,23-,24-,39?/m1/s1. The van der Waals surface area contributed by atoms with Crippen LogP contribution in [0.4, 0.5) is 0 Å². The summed E-state index contributed by atoms with van der Waals surface area (Å²) in [7, 11) is -4.18. The van der Waals surface area contributed by atoms with Gasteiger partial charge in [-0.3, -0.25) is 23.7 Å². The fourth-order valence-electron chi connectivity index (χ4n) is 3.94. The highest BCUT2D eigenvalue weighted by molar-refractivity contribution is 7.52. The summed E-state index contributed by atoms with van der Waals surface area (Å²) in [4.78, 5) is 38.3. The number of aliphatic hydroxyl groups is 1. The van der Waals surface area contributed by atoms with Gasteiger partial charge in [0.15, 0.2) is 6.23 Å². The largest absolute Gasteiger partial charge is 0.460 e. The van der Waals surface area contributed by atoms with E-state index in [1.165, 1.54) is 13.1 Å². The highest BCUT2D eigenvalue weighted by atomic mass is 31.2. The van der Waals surface area contributed by atoms with E-state index in [1.807, 2.05) is 30.3 Å². The molecule has 2 aromatic carbocycles. The number of aromatic nitrogens is 2. The molecule has 1 aliphatic heterocycles. The van der Waals surface area contributed by atoms with E-state index in [1.54, 1.807) is 37.3 Å². The molecule has 0 bridgehead atoms. The average Bonchev–Trinajstić information content (AvgIpc) is 3.20. The van der Waals surface area contributed by atoms with Crippen molar-refractivity contribution in [2.24, 2.45) is 5.92 Å². The lowest BCUT2D eigenvalue weighted by Gasteiger charge is -2.25. The van der Waals surface area contributed by atoms with Crippen molar-refractivity contribution in [3.8, 4) is 5.75 Å². The van der Waals surface area contributed by atoms with Gasteiger partial charge in [0, 0.05) is 18.2 Å². The van der Waals surface area contributed by atoms with Gasteiger partial charge in [0.25, 0.3) is 5.56 Å². The number of nitrogens with one attached hydrogen (secondary N) is 2. The Labute approximate surface area is 224 Å². The molecule has 3 aromatic rings. The maximum absolute atomic E-state index is 13.8. The number of esters is 1. The van der Waals surface area contributed by atoms with Crippen LogP contribution in [0.25, 0.3) is 0 Å². The lowest BCUT2D eigenvalue weighted by atomic mass is 10.0. The lowest BCUT2D eigenvalue weighted by Crippen LogP contribution is -2.36. The van der Waals surface area contributed by atoms with E-state index in [0.29, 0.717) is 0 Å². The van der Waals surface area contributed by atoms with Crippen LogP contribution in [0.15, 0.2) is 82.5 Å². The Morgan fingerprint density at radius 3 is 2.46 bits per heavy atom. The molecular weight excluding hydrogens is 529 g/mol. The predicted molar refractivity (Wildman–Crippen MR) is 140 cm³/mol. The summed E-state index contributed by atoms with van der Waals surface area (Å²) >= 11 is 0. The number of nitrogens with zero attached hydrogens (tertiary/aromatic N) is 1. The number of H-pyrrole nitrogens is 1. The van der Waals surface area contributed by atoms with Gasteiger partial charge in [0.05, 0.1) is 12.7 Å². The number of ether oxygens (including phenoxy) is 2. The van der Waals surface area contributed by atoms with E-state index in [0.717, 1.165) is 16.2 Å². The Morgan fingerprint density at radius 2 is 1.79 bits per heavy atom. The summed E-state index contributed by atoms with van der Waals surface area (Å²) in [5.74, 6) is -0.985. The van der Waals surface area contributed by atoms with Crippen molar-refractivity contribution < 1.29 is 33.0 Å². The molecule has 12 nitrogen and oxygen atoms in total. The molecule has 1 aromatic heterocycles. The molecule has 0 spiro atoms. The van der Waals surface area contributed by atoms with Crippen molar-refractivity contribution in [3.63, 3.8) is 0 Å². The van der Waals surface area contributed by atoms with E-state index in [2.05, 4.69) is 10.1 Å². The molecule has 4 rings (SSSR count). The first-order chi connectivity index (χ1) is 18.6. The number of aromatic amines is 1. The third-order valence-electron chi connectivity index (χ3n) is 6.16. The van der Waals surface area contributed by atoms with Gasteiger partial charge in [0.1, 0.15) is 24.5 Å². The zero-order valence-electron chi connectivity index (χ0n) is 21.3. The van der Waals surface area contributed by atoms with E-state index in [-0.39, 0.29) is 19.0 Å². The molecule has 1 saturated heterocycles. The van der Waals surface area contributed by atoms with E-state index in [4.69, 9.17) is 18.5 Å². The van der Waals surface area contributed by atoms with Crippen molar-refractivity contribution in [2.75, 3.05) is 6.61 Å². The summed E-state index contributed by atoms with van der Waals surface area (Å²) in [5.41, 5.74) is -0.541. The second kappa shape index (κ2) is 12.5. The van der Waals surface area contributed by atoms with Gasteiger partial charge >= 0.3 is 19.4 Å². The zero-order valence-corrected chi connectivity index (χ0v) is 22.2. The van der Waals surface area contributed by atoms with Crippen LogP contribution in [-0.4, -0.2) is 45.5 Å². The monoisotopic (exact) mass is 559 g/mol. The summed E-state index contributed by atoms with van der Waals surface area (Å²) in [5, 5.41) is 13.3. The van der Waals surface area contributed by atoms with Gasteiger partial charge in [-0.2, -0.15) is 5.09 Å². The number of benzene rings is 2. The van der Waals surface area contributed by atoms with Gasteiger partial charge in [-0.05, 0) is 24.6 Å². The molecule has 6 atom stereocenters. The number of carbonyl (C=O) groups is 1. The Kier molecular flexibility index (Phi) is 9.16. The van der Waals surface area contributed by atoms with E-state index < -0.39 is 55.4 Å². The zero-order chi connectivity index (χ0) is 28.0. The van der Waals surface area contributed by atoms with Gasteiger partial charge in [-0.15, -0.1) is 0 Å². The van der Waals surface area contributed by atoms with Crippen LogP contribution in [0.5, 0.6) is 5.75 Å². The number of aliphatic hydroxyl groups excluding tert-OH is 1. The predicted octanol–water partition coefficient (Wildman–Crippen LogP) is 2.36. The molecule has 13 heteroatoms. The Balaban J connectivity index is 1.45. The van der Waals surface area contributed by atoms with E-state index in [9.17, 15) is 24.1 Å². The van der Waals surface area contributed by atoms with Crippen LogP contribution in [0.3, 0.4) is 0 Å². The molecular formula is C26H30N3O9P. The van der Waals surface area contributed by atoms with Gasteiger partial charge in [-0.1, -0.05) is 55.5 Å². The second-order valence-corrected chi connectivity index (χ2v) is 10.8. The maximum atomic E-state index is 13.8. The van der Waals surface area contributed by atoms with Crippen molar-refractivity contribution in [2.45, 2.75) is 44.9 Å². The fraction of sp³-hybridized carbons (Fsp3) is 0.346. The Bertz CT molecular complexity index is 1410. The van der Waals surface area contributed by atoms with Crippen LogP contribution >= 0.6 is 7.75 Å². The highest BCUT2D eigenvalue weighted by Crippen LogP contribution is 2.46. The van der Waals surface area contributed by atoms with Crippen LogP contribution in [0, 0.1) is 5.92 Å². The molecule has 39 heavy (non-hydrogen) atoms.